The van der Waals surface area contributed by atoms with Crippen molar-refractivity contribution in [1.29, 1.82) is 0 Å². The molecule has 1 N–H and O–H groups in total. The summed E-state index contributed by atoms with van der Waals surface area (Å²) in [5.41, 5.74) is 0.881. The van der Waals surface area contributed by atoms with Crippen LogP contribution in [-0.4, -0.2) is 26.2 Å². The van der Waals surface area contributed by atoms with Crippen molar-refractivity contribution in [3.05, 3.63) is 24.0 Å². The van der Waals surface area contributed by atoms with Gasteiger partial charge in [-0.05, 0) is 25.1 Å². The average molecular weight is 327 g/mol. The predicted octanol–water partition coefficient (Wildman–Crippen LogP) is 3.72. The molecule has 4 nitrogen and oxygen atoms in total. The van der Waals surface area contributed by atoms with Crippen LogP contribution >= 0.6 is 0 Å². The summed E-state index contributed by atoms with van der Waals surface area (Å²) in [5, 5.41) is 3.36. The minimum Gasteiger partial charge on any atom is -0.311 e. The first-order chi connectivity index (χ1) is 10.5. The maximum atomic E-state index is 11.3. The number of nitrogens with one attached hydrogen (secondary N) is 1. The highest BCUT2D eigenvalue weighted by Crippen LogP contribution is 2.09. The zero-order valence-electron chi connectivity index (χ0n) is 14.0. The molecule has 0 aromatic carbocycles. The van der Waals surface area contributed by atoms with Crippen LogP contribution in [0, 0.1) is 0 Å². The number of hydrogen-bond acceptors (Lipinski definition) is 4. The molecule has 0 aliphatic rings. The molecule has 0 saturated carbocycles. The van der Waals surface area contributed by atoms with E-state index in [1.54, 1.807) is 12.1 Å². The Labute approximate surface area is 135 Å². The number of sulfone groups is 1. The molecule has 0 radical (unpaired) electrons. The lowest BCUT2D eigenvalue weighted by Gasteiger charge is -2.05. The topological polar surface area (TPSA) is 59.1 Å². The summed E-state index contributed by atoms with van der Waals surface area (Å²) in [4.78, 5) is 4.46. The number of pyridine rings is 1. The van der Waals surface area contributed by atoms with Crippen LogP contribution in [-0.2, 0) is 16.4 Å². The van der Waals surface area contributed by atoms with E-state index in [1.807, 2.05) is 0 Å². The molecule has 0 unspecified atom stereocenters. The van der Waals surface area contributed by atoms with E-state index < -0.39 is 9.84 Å². The quantitative estimate of drug-likeness (QED) is 0.595. The van der Waals surface area contributed by atoms with E-state index in [1.165, 1.54) is 63.8 Å². The lowest BCUT2D eigenvalue weighted by atomic mass is 10.1. The predicted molar refractivity (Wildman–Crippen MR) is 91.7 cm³/mol. The van der Waals surface area contributed by atoms with Gasteiger partial charge in [0.2, 0.25) is 0 Å². The summed E-state index contributed by atoms with van der Waals surface area (Å²) in [5.74, 6) is 0. The Morgan fingerprint density at radius 2 is 1.64 bits per heavy atom. The van der Waals surface area contributed by atoms with Crippen molar-refractivity contribution in [1.82, 2.24) is 10.3 Å². The number of aromatic nitrogens is 1. The van der Waals surface area contributed by atoms with Crippen molar-refractivity contribution >= 4 is 9.84 Å². The highest BCUT2D eigenvalue weighted by atomic mass is 32.2. The molecule has 1 aromatic heterocycles. The second kappa shape index (κ2) is 10.7. The summed E-state index contributed by atoms with van der Waals surface area (Å²) in [6, 6.07) is 3.40. The molecule has 0 fully saturated rings. The van der Waals surface area contributed by atoms with Crippen LogP contribution in [0.1, 0.15) is 64.0 Å². The molecule has 0 atom stereocenters. The molecule has 1 aromatic rings. The molecular weight excluding hydrogens is 296 g/mol. The Morgan fingerprint density at radius 3 is 2.18 bits per heavy atom. The van der Waals surface area contributed by atoms with Crippen molar-refractivity contribution in [3.63, 3.8) is 0 Å². The first-order valence-corrected chi connectivity index (χ1v) is 10.3. The Hall–Kier alpha value is -0.940. The van der Waals surface area contributed by atoms with E-state index in [2.05, 4.69) is 17.2 Å². The maximum Gasteiger partial charge on any atom is 0.177 e. The smallest absolute Gasteiger partial charge is 0.177 e. The fraction of sp³-hybridized carbons (Fsp3) is 0.706. The standard InChI is InChI=1S/C17H30N2O2S/c1-3-4-5-6-7-8-9-10-13-18-14-16-11-12-17(15-19-16)22(2,20)21/h11-12,15,18H,3-10,13-14H2,1-2H3. The highest BCUT2D eigenvalue weighted by molar-refractivity contribution is 7.90. The molecule has 0 amide bonds. The first-order valence-electron chi connectivity index (χ1n) is 8.39. The van der Waals surface area contributed by atoms with Crippen LogP contribution in [0.5, 0.6) is 0 Å². The molecule has 0 saturated heterocycles. The van der Waals surface area contributed by atoms with Gasteiger partial charge in [0.1, 0.15) is 0 Å². The highest BCUT2D eigenvalue weighted by Gasteiger charge is 2.06. The van der Waals surface area contributed by atoms with Gasteiger partial charge in [-0.2, -0.15) is 0 Å². The maximum absolute atomic E-state index is 11.3. The Balaban J connectivity index is 2.05. The monoisotopic (exact) mass is 326 g/mol. The summed E-state index contributed by atoms with van der Waals surface area (Å²) in [6.07, 6.45) is 13.2. The van der Waals surface area contributed by atoms with Crippen LogP contribution in [0.25, 0.3) is 0 Å². The number of nitrogens with zero attached hydrogens (tertiary/aromatic N) is 1. The molecule has 1 rings (SSSR count). The van der Waals surface area contributed by atoms with Crippen LogP contribution in [0.3, 0.4) is 0 Å². The van der Waals surface area contributed by atoms with Gasteiger partial charge in [0.05, 0.1) is 10.6 Å². The first kappa shape index (κ1) is 19.1. The molecule has 0 spiro atoms. The SMILES string of the molecule is CCCCCCCCCCNCc1ccc(S(C)(=O)=O)cn1. The van der Waals surface area contributed by atoms with E-state index in [0.717, 1.165) is 12.2 Å². The minimum absolute atomic E-state index is 0.277. The van der Waals surface area contributed by atoms with Gasteiger partial charge in [-0.1, -0.05) is 51.9 Å². The lowest BCUT2D eigenvalue weighted by Crippen LogP contribution is -2.15. The average Bonchev–Trinajstić information content (AvgIpc) is 2.49. The third-order valence-corrected chi connectivity index (χ3v) is 4.84. The van der Waals surface area contributed by atoms with Crippen LogP contribution in [0.4, 0.5) is 0 Å². The second-order valence-electron chi connectivity index (χ2n) is 5.91. The van der Waals surface area contributed by atoms with Gasteiger partial charge in [-0.25, -0.2) is 8.42 Å². The number of hydrogen-bond donors (Lipinski definition) is 1. The van der Waals surface area contributed by atoms with Gasteiger partial charge in [-0.15, -0.1) is 0 Å². The van der Waals surface area contributed by atoms with E-state index >= 15 is 0 Å². The fourth-order valence-electron chi connectivity index (χ4n) is 2.34. The summed E-state index contributed by atoms with van der Waals surface area (Å²) in [7, 11) is -3.15. The lowest BCUT2D eigenvalue weighted by molar-refractivity contribution is 0.553. The molecule has 0 bridgehead atoms. The molecule has 22 heavy (non-hydrogen) atoms. The van der Waals surface area contributed by atoms with Gasteiger partial charge in [-0.3, -0.25) is 4.98 Å². The van der Waals surface area contributed by atoms with E-state index in [4.69, 9.17) is 0 Å². The Bertz CT molecular complexity index is 498. The van der Waals surface area contributed by atoms with E-state index in [-0.39, 0.29) is 4.90 Å². The zero-order valence-corrected chi connectivity index (χ0v) is 14.8. The molecule has 5 heteroatoms. The fourth-order valence-corrected chi connectivity index (χ4v) is 2.89. The summed E-state index contributed by atoms with van der Waals surface area (Å²) >= 11 is 0. The van der Waals surface area contributed by atoms with Crippen molar-refractivity contribution < 1.29 is 8.42 Å². The second-order valence-corrected chi connectivity index (χ2v) is 7.92. The number of unbranched alkanes of at least 4 members (excludes halogenated alkanes) is 7. The van der Waals surface area contributed by atoms with E-state index in [9.17, 15) is 8.42 Å². The molecule has 0 aliphatic carbocycles. The summed E-state index contributed by atoms with van der Waals surface area (Å²) < 4.78 is 22.7. The molecule has 0 aliphatic heterocycles. The normalized spacial score (nSPS) is 11.7. The van der Waals surface area contributed by atoms with Crippen LogP contribution in [0.2, 0.25) is 0 Å². The van der Waals surface area contributed by atoms with Gasteiger partial charge in [0, 0.05) is 19.0 Å². The zero-order chi connectivity index (χ0) is 16.3. The molecule has 1 heterocycles. The van der Waals surface area contributed by atoms with Crippen LogP contribution in [0.15, 0.2) is 23.2 Å². The van der Waals surface area contributed by atoms with Gasteiger partial charge in [0.15, 0.2) is 9.84 Å². The summed E-state index contributed by atoms with van der Waals surface area (Å²) in [6.45, 7) is 3.93. The minimum atomic E-state index is -3.15. The van der Waals surface area contributed by atoms with Gasteiger partial charge < -0.3 is 5.32 Å². The Morgan fingerprint density at radius 1 is 1.00 bits per heavy atom. The van der Waals surface area contributed by atoms with Crippen molar-refractivity contribution in [3.8, 4) is 0 Å². The third kappa shape index (κ3) is 8.49. The number of rotatable bonds is 12. The Kier molecular flexibility index (Phi) is 9.32. The molecule has 126 valence electrons. The molecular formula is C17H30N2O2S. The largest absolute Gasteiger partial charge is 0.311 e. The van der Waals surface area contributed by atoms with Gasteiger partial charge in [0.25, 0.3) is 0 Å². The third-order valence-electron chi connectivity index (χ3n) is 3.74. The van der Waals surface area contributed by atoms with Crippen LogP contribution < -0.4 is 5.32 Å². The van der Waals surface area contributed by atoms with Crippen molar-refractivity contribution in [2.24, 2.45) is 0 Å². The van der Waals surface area contributed by atoms with E-state index in [0.29, 0.717) is 6.54 Å². The van der Waals surface area contributed by atoms with Crippen molar-refractivity contribution in [2.75, 3.05) is 12.8 Å². The van der Waals surface area contributed by atoms with Gasteiger partial charge >= 0.3 is 0 Å². The van der Waals surface area contributed by atoms with Crippen molar-refractivity contribution in [2.45, 2.75) is 69.7 Å².